The monoisotopic (exact) mass is 213 g/mol. The fraction of sp³-hybridized carbons (Fsp3) is 0.300. The Morgan fingerprint density at radius 3 is 2.67 bits per heavy atom. The number of carboxylic acids is 1. The molecule has 0 amide bonds. The summed E-state index contributed by atoms with van der Waals surface area (Å²) >= 11 is 0. The smallest absolute Gasteiger partial charge is 0.325 e. The third kappa shape index (κ3) is 2.24. The van der Waals surface area contributed by atoms with Crippen molar-refractivity contribution in [3.63, 3.8) is 0 Å². The number of benzene rings is 1. The van der Waals surface area contributed by atoms with Gasteiger partial charge in [-0.3, -0.25) is 4.79 Å². The van der Waals surface area contributed by atoms with Crippen LogP contribution in [0.4, 0.5) is 4.39 Å². The van der Waals surface area contributed by atoms with Crippen molar-refractivity contribution in [3.05, 3.63) is 29.1 Å². The van der Waals surface area contributed by atoms with E-state index in [0.717, 1.165) is 6.07 Å². The van der Waals surface area contributed by atoms with Gasteiger partial charge in [0, 0.05) is 6.07 Å². The first-order chi connectivity index (χ1) is 6.97. The first-order valence-electron chi connectivity index (χ1n) is 4.29. The Hall–Kier alpha value is -1.62. The van der Waals surface area contributed by atoms with Crippen LogP contribution in [0.2, 0.25) is 0 Å². The molecule has 0 fully saturated rings. The number of rotatable bonds is 3. The van der Waals surface area contributed by atoms with Crippen LogP contribution in [0.1, 0.15) is 17.2 Å². The summed E-state index contributed by atoms with van der Waals surface area (Å²) in [7, 11) is 1.39. The lowest BCUT2D eigenvalue weighted by molar-refractivity contribution is -0.138. The van der Waals surface area contributed by atoms with Gasteiger partial charge in [-0.25, -0.2) is 4.39 Å². The van der Waals surface area contributed by atoms with Crippen LogP contribution in [0.5, 0.6) is 5.75 Å². The Kier molecular flexibility index (Phi) is 3.26. The number of hydrogen-bond acceptors (Lipinski definition) is 3. The zero-order valence-electron chi connectivity index (χ0n) is 8.45. The highest BCUT2D eigenvalue weighted by Gasteiger charge is 2.19. The van der Waals surface area contributed by atoms with Gasteiger partial charge in [0.05, 0.1) is 7.11 Å². The van der Waals surface area contributed by atoms with Crippen molar-refractivity contribution in [2.24, 2.45) is 5.73 Å². The molecule has 15 heavy (non-hydrogen) atoms. The van der Waals surface area contributed by atoms with Crippen LogP contribution >= 0.6 is 0 Å². The summed E-state index contributed by atoms with van der Waals surface area (Å²) in [5.74, 6) is -1.48. The summed E-state index contributed by atoms with van der Waals surface area (Å²) in [6.45, 7) is 1.64. The average molecular weight is 213 g/mol. The first-order valence-corrected chi connectivity index (χ1v) is 4.29. The zero-order chi connectivity index (χ0) is 11.6. The van der Waals surface area contributed by atoms with Gasteiger partial charge in [-0.1, -0.05) is 0 Å². The van der Waals surface area contributed by atoms with Crippen LogP contribution in [0.15, 0.2) is 12.1 Å². The number of carbonyl (C=O) groups is 1. The molecule has 1 aromatic rings. The summed E-state index contributed by atoms with van der Waals surface area (Å²) in [6.07, 6.45) is 0. The van der Waals surface area contributed by atoms with Crippen molar-refractivity contribution < 1.29 is 19.0 Å². The minimum Gasteiger partial charge on any atom is -0.496 e. The number of nitrogens with two attached hydrogens (primary N) is 1. The number of carboxylic acid groups (broad SMARTS) is 1. The lowest BCUT2D eigenvalue weighted by atomic mass is 10.0. The highest BCUT2D eigenvalue weighted by Crippen LogP contribution is 2.26. The summed E-state index contributed by atoms with van der Waals surface area (Å²) in [6, 6.07) is 1.05. The lowest BCUT2D eigenvalue weighted by Gasteiger charge is -2.13. The predicted octanol–water partition coefficient (Wildman–Crippen LogP) is 1.23. The van der Waals surface area contributed by atoms with Crippen LogP contribution < -0.4 is 10.5 Å². The normalized spacial score (nSPS) is 12.3. The fourth-order valence-corrected chi connectivity index (χ4v) is 1.34. The van der Waals surface area contributed by atoms with Crippen molar-refractivity contribution in [1.82, 2.24) is 0 Å². The molecular formula is C10H12FNO3. The highest BCUT2D eigenvalue weighted by atomic mass is 19.1. The molecule has 0 aliphatic carbocycles. The van der Waals surface area contributed by atoms with Crippen molar-refractivity contribution in [1.29, 1.82) is 0 Å². The molecule has 0 aliphatic rings. The van der Waals surface area contributed by atoms with Crippen LogP contribution in [0.25, 0.3) is 0 Å². The fourth-order valence-electron chi connectivity index (χ4n) is 1.34. The van der Waals surface area contributed by atoms with Gasteiger partial charge < -0.3 is 15.6 Å². The standard InChI is InChI=1S/C10H12FNO3/c1-5-7(9(12)10(13)14)3-6(11)4-8(5)15-2/h3-4,9H,12H2,1-2H3,(H,13,14). The van der Waals surface area contributed by atoms with Crippen molar-refractivity contribution >= 4 is 5.97 Å². The van der Waals surface area contributed by atoms with E-state index in [2.05, 4.69) is 0 Å². The summed E-state index contributed by atoms with van der Waals surface area (Å²) in [5, 5.41) is 8.73. The van der Waals surface area contributed by atoms with Gasteiger partial charge >= 0.3 is 5.97 Å². The Morgan fingerprint density at radius 2 is 2.20 bits per heavy atom. The summed E-state index contributed by atoms with van der Waals surface area (Å²) in [5.41, 5.74) is 6.17. The quantitative estimate of drug-likeness (QED) is 0.792. The molecule has 0 bridgehead atoms. The molecule has 5 heteroatoms. The van der Waals surface area contributed by atoms with Gasteiger partial charge in [0.25, 0.3) is 0 Å². The van der Waals surface area contributed by atoms with E-state index in [-0.39, 0.29) is 5.56 Å². The Bertz CT molecular complexity index is 392. The van der Waals surface area contributed by atoms with Crippen molar-refractivity contribution in [2.75, 3.05) is 7.11 Å². The van der Waals surface area contributed by atoms with Gasteiger partial charge in [0.2, 0.25) is 0 Å². The molecule has 1 unspecified atom stereocenters. The molecule has 3 N–H and O–H groups in total. The van der Waals surface area contributed by atoms with Crippen molar-refractivity contribution in [3.8, 4) is 5.75 Å². The number of ether oxygens (including phenoxy) is 1. The second-order valence-electron chi connectivity index (χ2n) is 3.14. The first kappa shape index (κ1) is 11.5. The maximum atomic E-state index is 13.1. The van der Waals surface area contributed by atoms with Crippen LogP contribution in [0, 0.1) is 12.7 Å². The van der Waals surface area contributed by atoms with E-state index in [4.69, 9.17) is 15.6 Å². The van der Waals surface area contributed by atoms with E-state index in [9.17, 15) is 9.18 Å². The SMILES string of the molecule is COc1cc(F)cc(C(N)C(=O)O)c1C. The minimum absolute atomic E-state index is 0.222. The average Bonchev–Trinajstić information content (AvgIpc) is 2.19. The molecule has 0 aliphatic heterocycles. The van der Waals surface area contributed by atoms with E-state index < -0.39 is 17.8 Å². The third-order valence-corrected chi connectivity index (χ3v) is 2.19. The van der Waals surface area contributed by atoms with E-state index in [1.165, 1.54) is 13.2 Å². The number of hydrogen-bond donors (Lipinski definition) is 2. The Morgan fingerprint density at radius 1 is 1.60 bits per heavy atom. The van der Waals surface area contributed by atoms with Gasteiger partial charge in [0.1, 0.15) is 17.6 Å². The van der Waals surface area contributed by atoms with Crippen molar-refractivity contribution in [2.45, 2.75) is 13.0 Å². The third-order valence-electron chi connectivity index (χ3n) is 2.19. The summed E-state index contributed by atoms with van der Waals surface area (Å²) in [4.78, 5) is 10.7. The molecule has 1 rings (SSSR count). The van der Waals surface area contributed by atoms with E-state index in [0.29, 0.717) is 11.3 Å². The number of methoxy groups -OCH3 is 1. The van der Waals surface area contributed by atoms with Crippen LogP contribution in [-0.2, 0) is 4.79 Å². The van der Waals surface area contributed by atoms with Crippen LogP contribution in [-0.4, -0.2) is 18.2 Å². The van der Waals surface area contributed by atoms with E-state index in [1.54, 1.807) is 6.92 Å². The molecule has 0 saturated carbocycles. The maximum absolute atomic E-state index is 13.1. The molecule has 0 spiro atoms. The number of halogens is 1. The highest BCUT2D eigenvalue weighted by molar-refractivity contribution is 5.76. The van der Waals surface area contributed by atoms with Gasteiger partial charge in [-0.15, -0.1) is 0 Å². The molecular weight excluding hydrogens is 201 g/mol. The topological polar surface area (TPSA) is 72.5 Å². The minimum atomic E-state index is -1.24. The molecule has 1 aromatic carbocycles. The molecule has 0 saturated heterocycles. The molecule has 0 radical (unpaired) electrons. The molecule has 82 valence electrons. The van der Waals surface area contributed by atoms with Gasteiger partial charge in [0.15, 0.2) is 0 Å². The molecule has 4 nitrogen and oxygen atoms in total. The second kappa shape index (κ2) is 4.27. The van der Waals surface area contributed by atoms with E-state index in [1.807, 2.05) is 0 Å². The molecule has 0 heterocycles. The second-order valence-corrected chi connectivity index (χ2v) is 3.14. The Labute approximate surface area is 86.5 Å². The van der Waals surface area contributed by atoms with E-state index >= 15 is 0 Å². The largest absolute Gasteiger partial charge is 0.496 e. The van der Waals surface area contributed by atoms with Gasteiger partial charge in [-0.2, -0.15) is 0 Å². The summed E-state index contributed by atoms with van der Waals surface area (Å²) < 4.78 is 18.0. The Balaban J connectivity index is 3.28. The lowest BCUT2D eigenvalue weighted by Crippen LogP contribution is -2.22. The van der Waals surface area contributed by atoms with Gasteiger partial charge in [-0.05, 0) is 24.1 Å². The maximum Gasteiger partial charge on any atom is 0.325 e. The predicted molar refractivity (Wildman–Crippen MR) is 52.3 cm³/mol. The van der Waals surface area contributed by atoms with Crippen LogP contribution in [0.3, 0.4) is 0 Å². The number of aliphatic carboxylic acids is 1. The zero-order valence-corrected chi connectivity index (χ0v) is 8.45. The molecule has 0 aromatic heterocycles. The molecule has 1 atom stereocenters.